The Kier molecular flexibility index (Phi) is 4.87. The zero-order valence-corrected chi connectivity index (χ0v) is 16.2. The third-order valence-corrected chi connectivity index (χ3v) is 6.44. The Morgan fingerprint density at radius 1 is 1.22 bits per heavy atom. The summed E-state index contributed by atoms with van der Waals surface area (Å²) in [5.41, 5.74) is 1.52. The molecule has 0 bridgehead atoms. The second-order valence-electron chi connectivity index (χ2n) is 6.17. The minimum atomic E-state index is -0.209. The average Bonchev–Trinajstić information content (AvgIpc) is 3.35. The van der Waals surface area contributed by atoms with Crippen LogP contribution in [0.4, 0.5) is 0 Å². The highest BCUT2D eigenvalue weighted by Crippen LogP contribution is 2.30. The van der Waals surface area contributed by atoms with Gasteiger partial charge >= 0.3 is 0 Å². The first kappa shape index (κ1) is 17.6. The van der Waals surface area contributed by atoms with Crippen molar-refractivity contribution >= 4 is 38.8 Å². The van der Waals surface area contributed by atoms with Crippen molar-refractivity contribution in [1.82, 2.24) is 14.9 Å². The minimum absolute atomic E-state index is 0.0456. The Labute approximate surface area is 163 Å². The van der Waals surface area contributed by atoms with Gasteiger partial charge in [-0.2, -0.15) is 0 Å². The Morgan fingerprint density at radius 3 is 2.78 bits per heavy atom. The Morgan fingerprint density at radius 2 is 2.04 bits per heavy atom. The third kappa shape index (κ3) is 3.70. The van der Waals surface area contributed by atoms with Crippen molar-refractivity contribution in [2.24, 2.45) is 0 Å². The maximum absolute atomic E-state index is 12.8. The second kappa shape index (κ2) is 7.46. The lowest BCUT2D eigenvalue weighted by Crippen LogP contribution is -2.33. The molecule has 5 nitrogen and oxygen atoms in total. The molecule has 136 valence electrons. The van der Waals surface area contributed by atoms with Crippen LogP contribution in [-0.2, 0) is 11.3 Å². The van der Waals surface area contributed by atoms with Crippen LogP contribution in [0.25, 0.3) is 20.7 Å². The lowest BCUT2D eigenvalue weighted by Gasteiger charge is -2.12. The summed E-state index contributed by atoms with van der Waals surface area (Å²) >= 11 is 3.00. The molecule has 27 heavy (non-hydrogen) atoms. The van der Waals surface area contributed by atoms with E-state index in [2.05, 4.69) is 10.3 Å². The van der Waals surface area contributed by atoms with Gasteiger partial charge < -0.3 is 5.32 Å². The van der Waals surface area contributed by atoms with Crippen molar-refractivity contribution < 1.29 is 4.79 Å². The van der Waals surface area contributed by atoms with Crippen molar-refractivity contribution in [1.29, 1.82) is 0 Å². The highest BCUT2D eigenvalue weighted by atomic mass is 32.1. The molecule has 0 saturated carbocycles. The van der Waals surface area contributed by atoms with Crippen molar-refractivity contribution in [3.05, 3.63) is 75.5 Å². The SMILES string of the molecule is CC(NC(=O)Cn1cnc2cc(-c3ccccc3)sc2c1=O)c1cccs1. The summed E-state index contributed by atoms with van der Waals surface area (Å²) in [5, 5.41) is 4.90. The molecule has 1 N–H and O–H groups in total. The summed E-state index contributed by atoms with van der Waals surface area (Å²) in [6.07, 6.45) is 1.45. The number of carbonyl (C=O) groups excluding carboxylic acids is 1. The van der Waals surface area contributed by atoms with Crippen molar-refractivity contribution in [3.8, 4) is 10.4 Å². The van der Waals surface area contributed by atoms with E-state index in [1.807, 2.05) is 60.8 Å². The molecule has 1 aromatic carbocycles. The molecule has 0 aliphatic carbocycles. The van der Waals surface area contributed by atoms with Gasteiger partial charge in [-0.1, -0.05) is 36.4 Å². The number of nitrogens with zero attached hydrogens (tertiary/aromatic N) is 2. The van der Waals surface area contributed by atoms with Gasteiger partial charge in [0.05, 0.1) is 17.9 Å². The lowest BCUT2D eigenvalue weighted by atomic mass is 10.2. The summed E-state index contributed by atoms with van der Waals surface area (Å²) < 4.78 is 1.93. The first-order valence-corrected chi connectivity index (χ1v) is 10.2. The van der Waals surface area contributed by atoms with Crippen LogP contribution in [0.15, 0.2) is 65.0 Å². The highest BCUT2D eigenvalue weighted by Gasteiger charge is 2.14. The molecule has 0 aliphatic heterocycles. The molecule has 0 aliphatic rings. The number of amides is 1. The maximum atomic E-state index is 12.8. The molecule has 1 atom stereocenters. The van der Waals surface area contributed by atoms with Gasteiger partial charge in [0.25, 0.3) is 5.56 Å². The number of fused-ring (bicyclic) bond motifs is 1. The Hall–Kier alpha value is -2.77. The number of nitrogens with one attached hydrogen (secondary N) is 1. The van der Waals surface area contributed by atoms with Crippen molar-refractivity contribution in [3.63, 3.8) is 0 Å². The molecule has 4 rings (SSSR count). The second-order valence-corrected chi connectivity index (χ2v) is 8.20. The van der Waals surface area contributed by atoms with Crippen LogP contribution in [0, 0.1) is 0 Å². The predicted octanol–water partition coefficient (Wildman–Crippen LogP) is 4.06. The fraction of sp³-hybridized carbons (Fsp3) is 0.150. The van der Waals surface area contributed by atoms with E-state index < -0.39 is 0 Å². The van der Waals surface area contributed by atoms with E-state index in [0.29, 0.717) is 10.2 Å². The zero-order valence-electron chi connectivity index (χ0n) is 14.6. The number of hydrogen-bond donors (Lipinski definition) is 1. The largest absolute Gasteiger partial charge is 0.347 e. The maximum Gasteiger partial charge on any atom is 0.271 e. The van der Waals surface area contributed by atoms with Gasteiger partial charge in [-0.15, -0.1) is 22.7 Å². The molecule has 7 heteroatoms. The molecular formula is C20H17N3O2S2. The van der Waals surface area contributed by atoms with Crippen molar-refractivity contribution in [2.75, 3.05) is 0 Å². The summed E-state index contributed by atoms with van der Waals surface area (Å²) in [5.74, 6) is -0.209. The Bertz CT molecular complexity index is 1130. The zero-order chi connectivity index (χ0) is 18.8. The van der Waals surface area contributed by atoms with Crippen LogP contribution in [0.1, 0.15) is 17.8 Å². The van der Waals surface area contributed by atoms with Gasteiger partial charge in [0.15, 0.2) is 0 Å². The van der Waals surface area contributed by atoms with E-state index in [4.69, 9.17) is 0 Å². The van der Waals surface area contributed by atoms with E-state index in [9.17, 15) is 9.59 Å². The fourth-order valence-corrected chi connectivity index (χ4v) is 4.65. The van der Waals surface area contributed by atoms with Crippen LogP contribution in [0.2, 0.25) is 0 Å². The van der Waals surface area contributed by atoms with E-state index in [0.717, 1.165) is 15.3 Å². The Balaban J connectivity index is 1.56. The smallest absolute Gasteiger partial charge is 0.271 e. The van der Waals surface area contributed by atoms with Crippen LogP contribution < -0.4 is 10.9 Å². The molecule has 3 heterocycles. The van der Waals surface area contributed by atoms with Gasteiger partial charge in [0, 0.05) is 9.75 Å². The van der Waals surface area contributed by atoms with E-state index in [1.54, 1.807) is 11.3 Å². The summed E-state index contributed by atoms with van der Waals surface area (Å²) in [7, 11) is 0. The number of carbonyl (C=O) groups is 1. The molecule has 3 aromatic heterocycles. The fourth-order valence-electron chi connectivity index (χ4n) is 2.85. The summed E-state index contributed by atoms with van der Waals surface area (Å²) in [4.78, 5) is 31.6. The summed E-state index contributed by atoms with van der Waals surface area (Å²) in [6.45, 7) is 1.88. The molecule has 0 radical (unpaired) electrons. The standard InChI is InChI=1S/C20H17N3O2S2/c1-13(16-8-5-9-26-16)22-18(24)11-23-12-21-15-10-17(27-19(15)20(23)25)14-6-3-2-4-7-14/h2-10,12-13H,11H2,1H3,(H,22,24). The lowest BCUT2D eigenvalue weighted by molar-refractivity contribution is -0.122. The molecule has 0 spiro atoms. The first-order chi connectivity index (χ1) is 13.1. The molecule has 1 amide bonds. The monoisotopic (exact) mass is 395 g/mol. The van der Waals surface area contributed by atoms with E-state index in [1.165, 1.54) is 22.2 Å². The van der Waals surface area contributed by atoms with E-state index >= 15 is 0 Å². The number of thiophene rings is 2. The quantitative estimate of drug-likeness (QED) is 0.554. The number of hydrogen-bond acceptors (Lipinski definition) is 5. The number of benzene rings is 1. The summed E-state index contributed by atoms with van der Waals surface area (Å²) in [6, 6.07) is 15.6. The third-order valence-electron chi connectivity index (χ3n) is 4.22. The predicted molar refractivity (Wildman–Crippen MR) is 110 cm³/mol. The van der Waals surface area contributed by atoms with Gasteiger partial charge in [0.2, 0.25) is 5.91 Å². The van der Waals surface area contributed by atoms with Crippen molar-refractivity contribution in [2.45, 2.75) is 19.5 Å². The van der Waals surface area contributed by atoms with Crippen LogP contribution in [0.5, 0.6) is 0 Å². The average molecular weight is 396 g/mol. The van der Waals surface area contributed by atoms with Gasteiger partial charge in [-0.25, -0.2) is 4.98 Å². The topological polar surface area (TPSA) is 64.0 Å². The van der Waals surface area contributed by atoms with Crippen LogP contribution in [-0.4, -0.2) is 15.5 Å². The first-order valence-electron chi connectivity index (χ1n) is 8.49. The van der Waals surface area contributed by atoms with Crippen LogP contribution in [0.3, 0.4) is 0 Å². The number of aromatic nitrogens is 2. The minimum Gasteiger partial charge on any atom is -0.347 e. The van der Waals surface area contributed by atoms with Gasteiger partial charge in [-0.05, 0) is 30.0 Å². The van der Waals surface area contributed by atoms with Crippen LogP contribution >= 0.6 is 22.7 Å². The van der Waals surface area contributed by atoms with Gasteiger partial charge in [-0.3, -0.25) is 14.2 Å². The highest BCUT2D eigenvalue weighted by molar-refractivity contribution is 7.22. The molecule has 4 aromatic rings. The number of rotatable bonds is 5. The van der Waals surface area contributed by atoms with Gasteiger partial charge in [0.1, 0.15) is 11.2 Å². The normalized spacial score (nSPS) is 12.2. The molecule has 1 unspecified atom stereocenters. The molecular weight excluding hydrogens is 378 g/mol. The van der Waals surface area contributed by atoms with E-state index in [-0.39, 0.29) is 24.1 Å². The molecule has 0 saturated heterocycles. The molecule has 0 fully saturated rings.